The zero-order valence-electron chi connectivity index (χ0n) is 13.6. The first-order valence-corrected chi connectivity index (χ1v) is 9.31. The van der Waals surface area contributed by atoms with Crippen LogP contribution >= 0.6 is 0 Å². The number of hydrogen-bond donors (Lipinski definition) is 1. The van der Waals surface area contributed by atoms with Gasteiger partial charge in [0.15, 0.2) is 9.84 Å². The van der Waals surface area contributed by atoms with Gasteiger partial charge in [-0.1, -0.05) is 6.92 Å². The number of hydrogen-bond acceptors (Lipinski definition) is 5. The molecule has 24 heavy (non-hydrogen) atoms. The standard InChI is InChI=1S/C16H21NO6S/c1-11(15(18)17-9-3-4-14(17)16(19)20)10-24(21,22)13-7-5-12(23-2)6-8-13/h5-8,11,14H,3-4,9-10H2,1-2H3,(H,19,20)/t11-,14+/m1/s1. The Hall–Kier alpha value is -2.09. The fourth-order valence-electron chi connectivity index (χ4n) is 2.85. The lowest BCUT2D eigenvalue weighted by Gasteiger charge is -2.24. The molecule has 0 aromatic heterocycles. The number of carboxylic acids is 1. The van der Waals surface area contributed by atoms with Crippen LogP contribution in [-0.2, 0) is 19.4 Å². The quantitative estimate of drug-likeness (QED) is 0.822. The van der Waals surface area contributed by atoms with Crippen LogP contribution in [0.5, 0.6) is 5.75 Å². The van der Waals surface area contributed by atoms with Crippen LogP contribution in [0.1, 0.15) is 19.8 Å². The molecule has 0 saturated carbocycles. The van der Waals surface area contributed by atoms with E-state index in [2.05, 4.69) is 0 Å². The van der Waals surface area contributed by atoms with Gasteiger partial charge in [0.1, 0.15) is 11.8 Å². The van der Waals surface area contributed by atoms with E-state index in [1.807, 2.05) is 0 Å². The number of aliphatic carboxylic acids is 1. The maximum atomic E-state index is 12.4. The Morgan fingerprint density at radius 2 is 1.96 bits per heavy atom. The highest BCUT2D eigenvalue weighted by molar-refractivity contribution is 7.91. The van der Waals surface area contributed by atoms with E-state index in [1.54, 1.807) is 12.1 Å². The van der Waals surface area contributed by atoms with E-state index in [1.165, 1.54) is 31.1 Å². The van der Waals surface area contributed by atoms with Crippen molar-refractivity contribution >= 4 is 21.7 Å². The Kier molecular flexibility index (Phi) is 5.48. The SMILES string of the molecule is COc1ccc(S(=O)(=O)C[C@@H](C)C(=O)N2CCC[C@H]2C(=O)O)cc1. The first kappa shape index (κ1) is 18.3. The van der Waals surface area contributed by atoms with E-state index in [9.17, 15) is 18.0 Å². The van der Waals surface area contributed by atoms with Gasteiger partial charge < -0.3 is 14.7 Å². The summed E-state index contributed by atoms with van der Waals surface area (Å²) in [6.45, 7) is 1.86. The highest BCUT2D eigenvalue weighted by Gasteiger charge is 2.37. The van der Waals surface area contributed by atoms with Crippen molar-refractivity contribution in [2.24, 2.45) is 5.92 Å². The number of benzene rings is 1. The van der Waals surface area contributed by atoms with Crippen molar-refractivity contribution in [3.8, 4) is 5.75 Å². The molecule has 0 spiro atoms. The number of carboxylic acid groups (broad SMARTS) is 1. The first-order valence-electron chi connectivity index (χ1n) is 7.66. The Balaban J connectivity index is 2.10. The van der Waals surface area contributed by atoms with Crippen molar-refractivity contribution in [1.82, 2.24) is 4.90 Å². The predicted octanol–water partition coefficient (Wildman–Crippen LogP) is 1.18. The molecule has 0 radical (unpaired) electrons. The zero-order chi connectivity index (χ0) is 17.9. The number of amides is 1. The molecule has 1 N–H and O–H groups in total. The highest BCUT2D eigenvalue weighted by atomic mass is 32.2. The third-order valence-electron chi connectivity index (χ3n) is 4.13. The smallest absolute Gasteiger partial charge is 0.326 e. The van der Waals surface area contributed by atoms with Crippen LogP contribution in [-0.4, -0.2) is 55.7 Å². The predicted molar refractivity (Wildman–Crippen MR) is 86.6 cm³/mol. The van der Waals surface area contributed by atoms with Crippen LogP contribution in [0.25, 0.3) is 0 Å². The second-order valence-electron chi connectivity index (χ2n) is 5.89. The molecular formula is C16H21NO6S. The Bertz CT molecular complexity index is 713. The molecule has 1 amide bonds. The summed E-state index contributed by atoms with van der Waals surface area (Å²) in [5, 5.41) is 9.15. The van der Waals surface area contributed by atoms with Gasteiger partial charge in [0.2, 0.25) is 5.91 Å². The minimum absolute atomic E-state index is 0.110. The molecule has 132 valence electrons. The Morgan fingerprint density at radius 3 is 2.50 bits per heavy atom. The fourth-order valence-corrected chi connectivity index (χ4v) is 4.39. The second-order valence-corrected chi connectivity index (χ2v) is 7.92. The summed E-state index contributed by atoms with van der Waals surface area (Å²) >= 11 is 0. The number of carbonyl (C=O) groups excluding carboxylic acids is 1. The van der Waals surface area contributed by atoms with Crippen LogP contribution < -0.4 is 4.74 Å². The van der Waals surface area contributed by atoms with Gasteiger partial charge in [0.25, 0.3) is 0 Å². The number of methoxy groups -OCH3 is 1. The van der Waals surface area contributed by atoms with E-state index in [0.29, 0.717) is 25.1 Å². The highest BCUT2D eigenvalue weighted by Crippen LogP contribution is 2.23. The monoisotopic (exact) mass is 355 g/mol. The summed E-state index contributed by atoms with van der Waals surface area (Å²) in [4.78, 5) is 25.0. The topological polar surface area (TPSA) is 101 Å². The lowest BCUT2D eigenvalue weighted by Crippen LogP contribution is -2.44. The Labute approximate surface area is 141 Å². The van der Waals surface area contributed by atoms with Crippen LogP contribution in [0, 0.1) is 5.92 Å². The molecule has 2 rings (SSSR count). The van der Waals surface area contributed by atoms with Crippen LogP contribution in [0.4, 0.5) is 0 Å². The molecule has 1 fully saturated rings. The van der Waals surface area contributed by atoms with Crippen molar-refractivity contribution in [3.63, 3.8) is 0 Å². The molecule has 1 aromatic rings. The molecule has 2 atom stereocenters. The van der Waals surface area contributed by atoms with Gasteiger partial charge >= 0.3 is 5.97 Å². The average molecular weight is 355 g/mol. The van der Waals surface area contributed by atoms with Gasteiger partial charge in [-0.25, -0.2) is 13.2 Å². The maximum Gasteiger partial charge on any atom is 0.326 e. The molecule has 1 aliphatic rings. The summed E-state index contributed by atoms with van der Waals surface area (Å²) in [7, 11) is -2.16. The minimum atomic E-state index is -3.65. The van der Waals surface area contributed by atoms with E-state index in [4.69, 9.17) is 9.84 Å². The number of ether oxygens (including phenoxy) is 1. The van der Waals surface area contributed by atoms with Gasteiger partial charge in [0.05, 0.1) is 17.8 Å². The number of carbonyl (C=O) groups is 2. The van der Waals surface area contributed by atoms with Crippen molar-refractivity contribution in [1.29, 1.82) is 0 Å². The van der Waals surface area contributed by atoms with Crippen LogP contribution in [0.2, 0.25) is 0 Å². The first-order chi connectivity index (χ1) is 11.3. The van der Waals surface area contributed by atoms with Crippen LogP contribution in [0.15, 0.2) is 29.2 Å². The average Bonchev–Trinajstić information content (AvgIpc) is 3.03. The molecule has 8 heteroatoms. The maximum absolute atomic E-state index is 12.4. The van der Waals surface area contributed by atoms with Gasteiger partial charge in [0, 0.05) is 12.5 Å². The van der Waals surface area contributed by atoms with E-state index in [-0.39, 0.29) is 10.6 Å². The van der Waals surface area contributed by atoms with Gasteiger partial charge in [-0.2, -0.15) is 0 Å². The molecule has 1 saturated heterocycles. The summed E-state index contributed by atoms with van der Waals surface area (Å²) < 4.78 is 29.9. The third kappa shape index (κ3) is 3.87. The van der Waals surface area contributed by atoms with E-state index >= 15 is 0 Å². The minimum Gasteiger partial charge on any atom is -0.497 e. The third-order valence-corrected chi connectivity index (χ3v) is 6.06. The molecular weight excluding hydrogens is 334 g/mol. The summed E-state index contributed by atoms with van der Waals surface area (Å²) in [5.74, 6) is -2.11. The molecule has 0 aliphatic carbocycles. The molecule has 0 unspecified atom stereocenters. The van der Waals surface area contributed by atoms with Gasteiger partial charge in [-0.05, 0) is 37.1 Å². The summed E-state index contributed by atoms with van der Waals surface area (Å²) in [6.07, 6.45) is 1.01. The molecule has 7 nitrogen and oxygen atoms in total. The molecule has 1 heterocycles. The fraction of sp³-hybridized carbons (Fsp3) is 0.500. The van der Waals surface area contributed by atoms with Gasteiger partial charge in [-0.15, -0.1) is 0 Å². The van der Waals surface area contributed by atoms with Crippen LogP contribution in [0.3, 0.4) is 0 Å². The largest absolute Gasteiger partial charge is 0.497 e. The summed E-state index contributed by atoms with van der Waals surface area (Å²) in [5.41, 5.74) is 0. The van der Waals surface area contributed by atoms with Crippen molar-refractivity contribution < 1.29 is 27.9 Å². The van der Waals surface area contributed by atoms with Crippen molar-refractivity contribution in [2.75, 3.05) is 19.4 Å². The molecule has 1 aromatic carbocycles. The zero-order valence-corrected chi connectivity index (χ0v) is 14.5. The lowest BCUT2D eigenvalue weighted by molar-refractivity contribution is -0.149. The van der Waals surface area contributed by atoms with E-state index in [0.717, 1.165) is 0 Å². The molecule has 1 aliphatic heterocycles. The summed E-state index contributed by atoms with van der Waals surface area (Å²) in [6, 6.07) is 5.09. The number of likely N-dealkylation sites (tertiary alicyclic amines) is 1. The normalized spacial score (nSPS) is 19.1. The van der Waals surface area contributed by atoms with Gasteiger partial charge in [-0.3, -0.25) is 4.79 Å². The number of nitrogens with zero attached hydrogens (tertiary/aromatic N) is 1. The number of rotatable bonds is 6. The van der Waals surface area contributed by atoms with E-state index < -0.39 is 33.7 Å². The second kappa shape index (κ2) is 7.21. The molecule has 0 bridgehead atoms. The van der Waals surface area contributed by atoms with Crippen molar-refractivity contribution in [2.45, 2.75) is 30.7 Å². The lowest BCUT2D eigenvalue weighted by atomic mass is 10.1. The Morgan fingerprint density at radius 1 is 1.33 bits per heavy atom. The van der Waals surface area contributed by atoms with Crippen molar-refractivity contribution in [3.05, 3.63) is 24.3 Å². The number of sulfone groups is 1.